The normalized spacial score (nSPS) is 10.4. The topological polar surface area (TPSA) is 87.1 Å². The first-order valence-electron chi connectivity index (χ1n) is 7.58. The maximum atomic E-state index is 10.9. The molecule has 8 heteroatoms. The van der Waals surface area contributed by atoms with E-state index in [2.05, 4.69) is 20.6 Å². The van der Waals surface area contributed by atoms with Crippen LogP contribution in [0.4, 0.5) is 23.0 Å². The van der Waals surface area contributed by atoms with Gasteiger partial charge >= 0.3 is 5.97 Å². The van der Waals surface area contributed by atoms with Gasteiger partial charge in [-0.1, -0.05) is 23.2 Å². The lowest BCUT2D eigenvalue weighted by molar-refractivity contribution is 0.0697. The second kappa shape index (κ2) is 7.59. The van der Waals surface area contributed by atoms with Crippen molar-refractivity contribution in [1.82, 2.24) is 9.97 Å². The molecule has 0 fully saturated rings. The average Bonchev–Trinajstić information content (AvgIpc) is 2.53. The highest BCUT2D eigenvalue weighted by Crippen LogP contribution is 2.26. The van der Waals surface area contributed by atoms with Gasteiger partial charge in [0.25, 0.3) is 0 Å². The van der Waals surface area contributed by atoms with Gasteiger partial charge in [0.15, 0.2) is 0 Å². The van der Waals surface area contributed by atoms with Crippen LogP contribution in [-0.2, 0) is 0 Å². The van der Waals surface area contributed by atoms with Crippen LogP contribution in [0.25, 0.3) is 0 Å². The van der Waals surface area contributed by atoms with E-state index in [0.29, 0.717) is 38.9 Å². The maximum Gasteiger partial charge on any atom is 0.335 e. The SMILES string of the molecule is Cc1nc(Nc2ccc(C(=O)O)cc2)cc(Nc2cc(Cl)cc(Cl)c2)n1. The highest BCUT2D eigenvalue weighted by atomic mass is 35.5. The zero-order valence-corrected chi connectivity index (χ0v) is 15.1. The third-order valence-corrected chi connectivity index (χ3v) is 3.81. The van der Waals surface area contributed by atoms with Crippen molar-refractivity contribution >= 4 is 52.2 Å². The Hall–Kier alpha value is -2.83. The summed E-state index contributed by atoms with van der Waals surface area (Å²) in [6.07, 6.45) is 0. The minimum Gasteiger partial charge on any atom is -0.478 e. The molecule has 0 saturated carbocycles. The van der Waals surface area contributed by atoms with Crippen LogP contribution in [0, 0.1) is 6.92 Å². The molecule has 0 spiro atoms. The van der Waals surface area contributed by atoms with Gasteiger partial charge in [-0.05, 0) is 49.4 Å². The smallest absolute Gasteiger partial charge is 0.335 e. The number of carbonyl (C=O) groups is 1. The third-order valence-electron chi connectivity index (χ3n) is 3.38. The van der Waals surface area contributed by atoms with Crippen molar-refractivity contribution in [2.24, 2.45) is 0 Å². The summed E-state index contributed by atoms with van der Waals surface area (Å²) in [5.41, 5.74) is 1.64. The molecule has 0 unspecified atom stereocenters. The molecule has 0 bridgehead atoms. The molecule has 0 saturated heterocycles. The van der Waals surface area contributed by atoms with Crippen molar-refractivity contribution in [2.75, 3.05) is 10.6 Å². The number of carboxylic acid groups (broad SMARTS) is 1. The molecule has 3 rings (SSSR count). The highest BCUT2D eigenvalue weighted by Gasteiger charge is 2.06. The summed E-state index contributed by atoms with van der Waals surface area (Å²) in [5, 5.41) is 16.2. The highest BCUT2D eigenvalue weighted by molar-refractivity contribution is 6.35. The molecule has 1 heterocycles. The average molecular weight is 389 g/mol. The summed E-state index contributed by atoms with van der Waals surface area (Å²) in [6.45, 7) is 1.77. The molecule has 0 amide bonds. The van der Waals surface area contributed by atoms with Gasteiger partial charge in [-0.25, -0.2) is 14.8 Å². The quantitative estimate of drug-likeness (QED) is 0.551. The van der Waals surface area contributed by atoms with Crippen molar-refractivity contribution in [1.29, 1.82) is 0 Å². The first kappa shape index (κ1) is 18.0. The van der Waals surface area contributed by atoms with Crippen LogP contribution in [0.15, 0.2) is 48.5 Å². The number of benzene rings is 2. The maximum absolute atomic E-state index is 10.9. The van der Waals surface area contributed by atoms with Gasteiger partial charge < -0.3 is 15.7 Å². The van der Waals surface area contributed by atoms with Crippen molar-refractivity contribution in [3.8, 4) is 0 Å². The lowest BCUT2D eigenvalue weighted by Gasteiger charge is -2.11. The number of aryl methyl sites for hydroxylation is 1. The van der Waals surface area contributed by atoms with E-state index < -0.39 is 5.97 Å². The molecule has 26 heavy (non-hydrogen) atoms. The zero-order chi connectivity index (χ0) is 18.7. The fourth-order valence-corrected chi connectivity index (χ4v) is 2.84. The van der Waals surface area contributed by atoms with Crippen molar-refractivity contribution in [3.05, 3.63) is 70.0 Å². The number of aromatic nitrogens is 2. The first-order chi connectivity index (χ1) is 12.4. The number of nitrogens with one attached hydrogen (secondary N) is 2. The fraction of sp³-hybridized carbons (Fsp3) is 0.0556. The first-order valence-corrected chi connectivity index (χ1v) is 8.34. The largest absolute Gasteiger partial charge is 0.478 e. The Bertz CT molecular complexity index is 942. The van der Waals surface area contributed by atoms with Crippen LogP contribution in [0.2, 0.25) is 10.0 Å². The van der Waals surface area contributed by atoms with E-state index >= 15 is 0 Å². The predicted molar refractivity (Wildman–Crippen MR) is 103 cm³/mol. The van der Waals surface area contributed by atoms with Crippen molar-refractivity contribution in [3.63, 3.8) is 0 Å². The van der Waals surface area contributed by atoms with Crippen LogP contribution < -0.4 is 10.6 Å². The lowest BCUT2D eigenvalue weighted by atomic mass is 10.2. The molecule has 2 aromatic carbocycles. The molecule has 0 atom stereocenters. The molecular formula is C18H14Cl2N4O2. The number of aromatic carboxylic acids is 1. The van der Waals surface area contributed by atoms with Gasteiger partial charge in [0.05, 0.1) is 5.56 Å². The Kier molecular flexibility index (Phi) is 5.25. The number of anilines is 4. The number of nitrogens with zero attached hydrogens (tertiary/aromatic N) is 2. The minimum atomic E-state index is -0.971. The molecule has 6 nitrogen and oxygen atoms in total. The summed E-state index contributed by atoms with van der Waals surface area (Å²) in [4.78, 5) is 19.6. The Balaban J connectivity index is 1.82. The van der Waals surface area contributed by atoms with Gasteiger partial charge in [-0.3, -0.25) is 0 Å². The van der Waals surface area contributed by atoms with E-state index in [-0.39, 0.29) is 5.56 Å². The van der Waals surface area contributed by atoms with Crippen LogP contribution in [-0.4, -0.2) is 21.0 Å². The van der Waals surface area contributed by atoms with Crippen LogP contribution >= 0.6 is 23.2 Å². The van der Waals surface area contributed by atoms with E-state index in [9.17, 15) is 4.79 Å². The molecule has 0 aliphatic carbocycles. The Morgan fingerprint density at radius 2 is 1.42 bits per heavy atom. The molecule has 0 radical (unpaired) electrons. The molecule has 132 valence electrons. The summed E-state index contributed by atoms with van der Waals surface area (Å²) < 4.78 is 0. The van der Waals surface area contributed by atoms with E-state index in [1.807, 2.05) is 0 Å². The van der Waals surface area contributed by atoms with E-state index in [1.165, 1.54) is 12.1 Å². The number of halogens is 2. The third kappa shape index (κ3) is 4.62. The minimum absolute atomic E-state index is 0.217. The lowest BCUT2D eigenvalue weighted by Crippen LogP contribution is -2.02. The summed E-state index contributed by atoms with van der Waals surface area (Å²) in [5.74, 6) is 0.727. The van der Waals surface area contributed by atoms with Crippen LogP contribution in [0.1, 0.15) is 16.2 Å². The zero-order valence-electron chi connectivity index (χ0n) is 13.6. The summed E-state index contributed by atoms with van der Waals surface area (Å²) in [7, 11) is 0. The fourth-order valence-electron chi connectivity index (χ4n) is 2.31. The van der Waals surface area contributed by atoms with Gasteiger partial charge in [-0.2, -0.15) is 0 Å². The van der Waals surface area contributed by atoms with Crippen molar-refractivity contribution in [2.45, 2.75) is 6.92 Å². The number of hydrogen-bond acceptors (Lipinski definition) is 5. The second-order valence-electron chi connectivity index (χ2n) is 5.48. The molecule has 1 aromatic heterocycles. The molecule has 3 aromatic rings. The second-order valence-corrected chi connectivity index (χ2v) is 6.35. The van der Waals surface area contributed by atoms with Gasteiger partial charge in [0.2, 0.25) is 0 Å². The van der Waals surface area contributed by atoms with E-state index in [4.69, 9.17) is 28.3 Å². The monoisotopic (exact) mass is 388 g/mol. The number of carboxylic acids is 1. The molecule has 3 N–H and O–H groups in total. The number of rotatable bonds is 5. The van der Waals surface area contributed by atoms with Crippen molar-refractivity contribution < 1.29 is 9.90 Å². The van der Waals surface area contributed by atoms with Crippen LogP contribution in [0.5, 0.6) is 0 Å². The number of hydrogen-bond donors (Lipinski definition) is 3. The summed E-state index contributed by atoms with van der Waals surface area (Å²) in [6, 6.07) is 13.2. The molecule has 0 aliphatic heterocycles. The predicted octanol–water partition coefficient (Wildman–Crippen LogP) is 5.28. The Morgan fingerprint density at radius 3 is 1.96 bits per heavy atom. The van der Waals surface area contributed by atoms with Gasteiger partial charge in [0.1, 0.15) is 17.5 Å². The van der Waals surface area contributed by atoms with Crippen LogP contribution in [0.3, 0.4) is 0 Å². The Labute approximate surface area is 159 Å². The van der Waals surface area contributed by atoms with Gasteiger partial charge in [-0.15, -0.1) is 0 Å². The molecule has 0 aliphatic rings. The van der Waals surface area contributed by atoms with Gasteiger partial charge in [0, 0.05) is 27.5 Å². The standard InChI is InChI=1S/C18H14Cl2N4O2/c1-10-21-16(23-14-4-2-11(3-5-14)18(25)26)9-17(22-10)24-15-7-12(19)6-13(20)8-15/h2-9H,1H3,(H,25,26)(H2,21,22,23,24). The molecular weight excluding hydrogens is 375 g/mol. The van der Waals surface area contributed by atoms with E-state index in [0.717, 1.165) is 0 Å². The Morgan fingerprint density at radius 1 is 0.885 bits per heavy atom. The summed E-state index contributed by atoms with van der Waals surface area (Å²) >= 11 is 12.0. The van der Waals surface area contributed by atoms with E-state index in [1.54, 1.807) is 43.3 Å².